The van der Waals surface area contributed by atoms with Crippen molar-refractivity contribution >= 4 is 11.6 Å². The fraction of sp³-hybridized carbons (Fsp3) is 0.333. The highest BCUT2D eigenvalue weighted by Gasteiger charge is 2.00. The lowest BCUT2D eigenvalue weighted by molar-refractivity contribution is 0.636. The Balaban J connectivity index is 2.61. The van der Waals surface area contributed by atoms with Crippen molar-refractivity contribution in [1.29, 1.82) is 0 Å². The second-order valence-electron chi connectivity index (χ2n) is 2.47. The SMILES string of the molecule is CC(NCCl)c1ccccc1. The van der Waals surface area contributed by atoms with E-state index in [9.17, 15) is 0 Å². The normalized spacial score (nSPS) is 12.9. The summed E-state index contributed by atoms with van der Waals surface area (Å²) in [6.07, 6.45) is 0. The van der Waals surface area contributed by atoms with Gasteiger partial charge in [-0.2, -0.15) is 0 Å². The molecule has 60 valence electrons. The molecule has 0 aliphatic rings. The Morgan fingerprint density at radius 1 is 1.36 bits per heavy atom. The number of halogens is 1. The molecule has 0 bridgehead atoms. The molecule has 0 fully saturated rings. The zero-order valence-electron chi connectivity index (χ0n) is 6.55. The molecule has 1 aromatic rings. The van der Waals surface area contributed by atoms with Crippen LogP contribution < -0.4 is 5.32 Å². The molecule has 1 aromatic carbocycles. The third-order valence-corrected chi connectivity index (χ3v) is 1.84. The summed E-state index contributed by atoms with van der Waals surface area (Å²) in [5.41, 5.74) is 1.27. The second-order valence-corrected chi connectivity index (χ2v) is 2.74. The first-order chi connectivity index (χ1) is 5.34. The Kier molecular flexibility index (Phi) is 3.40. The minimum Gasteiger partial charge on any atom is -0.297 e. The van der Waals surface area contributed by atoms with E-state index in [0.29, 0.717) is 12.0 Å². The third kappa shape index (κ3) is 2.52. The van der Waals surface area contributed by atoms with E-state index in [1.807, 2.05) is 18.2 Å². The molecule has 0 heterocycles. The minimum atomic E-state index is 0.341. The minimum absolute atomic E-state index is 0.341. The molecule has 0 aliphatic heterocycles. The van der Waals surface area contributed by atoms with Gasteiger partial charge in [-0.15, -0.1) is 11.6 Å². The molecule has 11 heavy (non-hydrogen) atoms. The summed E-state index contributed by atoms with van der Waals surface area (Å²) in [7, 11) is 0. The van der Waals surface area contributed by atoms with Gasteiger partial charge in [0, 0.05) is 6.04 Å². The van der Waals surface area contributed by atoms with Crippen molar-refractivity contribution in [1.82, 2.24) is 5.32 Å². The molecule has 0 saturated heterocycles. The molecule has 1 unspecified atom stereocenters. The predicted molar refractivity (Wildman–Crippen MR) is 48.7 cm³/mol. The van der Waals surface area contributed by atoms with Crippen LogP contribution in [0.25, 0.3) is 0 Å². The molecular formula is C9H12ClN. The van der Waals surface area contributed by atoms with Crippen LogP contribution in [0.3, 0.4) is 0 Å². The van der Waals surface area contributed by atoms with Gasteiger partial charge >= 0.3 is 0 Å². The van der Waals surface area contributed by atoms with Crippen LogP contribution in [-0.2, 0) is 0 Å². The molecule has 0 aromatic heterocycles. The monoisotopic (exact) mass is 169 g/mol. The molecule has 1 atom stereocenters. The van der Waals surface area contributed by atoms with E-state index in [1.165, 1.54) is 5.56 Å². The first-order valence-electron chi connectivity index (χ1n) is 3.69. The molecule has 1 N–H and O–H groups in total. The van der Waals surface area contributed by atoms with Crippen LogP contribution in [0.5, 0.6) is 0 Å². The maximum Gasteiger partial charge on any atom is 0.0718 e. The summed E-state index contributed by atoms with van der Waals surface area (Å²) in [6.45, 7) is 2.09. The Bertz CT molecular complexity index is 198. The lowest BCUT2D eigenvalue weighted by Gasteiger charge is -2.10. The van der Waals surface area contributed by atoms with Gasteiger partial charge in [-0.1, -0.05) is 30.3 Å². The van der Waals surface area contributed by atoms with Crippen molar-refractivity contribution in [2.24, 2.45) is 0 Å². The molecule has 0 spiro atoms. The Hall–Kier alpha value is -0.530. The summed E-state index contributed by atoms with van der Waals surface area (Å²) in [6, 6.07) is 11.1. The van der Waals surface area contributed by atoms with Crippen LogP contribution in [0.1, 0.15) is 18.5 Å². The van der Waals surface area contributed by atoms with Gasteiger partial charge in [0.25, 0.3) is 0 Å². The summed E-state index contributed by atoms with van der Waals surface area (Å²) < 4.78 is 0. The topological polar surface area (TPSA) is 12.0 Å². The zero-order valence-corrected chi connectivity index (χ0v) is 7.31. The van der Waals surface area contributed by atoms with E-state index in [2.05, 4.69) is 24.4 Å². The molecule has 0 saturated carbocycles. The third-order valence-electron chi connectivity index (χ3n) is 1.68. The fourth-order valence-corrected chi connectivity index (χ4v) is 1.21. The van der Waals surface area contributed by atoms with E-state index in [0.717, 1.165) is 0 Å². The summed E-state index contributed by atoms with van der Waals surface area (Å²) >= 11 is 5.54. The van der Waals surface area contributed by atoms with Gasteiger partial charge in [-0.05, 0) is 12.5 Å². The smallest absolute Gasteiger partial charge is 0.0718 e. The van der Waals surface area contributed by atoms with Crippen LogP contribution in [0.15, 0.2) is 30.3 Å². The summed E-state index contributed by atoms with van der Waals surface area (Å²) in [5.74, 6) is 0. The van der Waals surface area contributed by atoms with Gasteiger partial charge in [0.2, 0.25) is 0 Å². The number of nitrogens with one attached hydrogen (secondary N) is 1. The van der Waals surface area contributed by atoms with Gasteiger partial charge in [0.15, 0.2) is 0 Å². The highest BCUT2D eigenvalue weighted by molar-refractivity contribution is 6.17. The molecule has 1 rings (SSSR count). The van der Waals surface area contributed by atoms with Crippen molar-refractivity contribution in [2.45, 2.75) is 13.0 Å². The number of hydrogen-bond donors (Lipinski definition) is 1. The van der Waals surface area contributed by atoms with Crippen molar-refractivity contribution in [3.05, 3.63) is 35.9 Å². The van der Waals surface area contributed by atoms with Gasteiger partial charge < -0.3 is 0 Å². The first-order valence-corrected chi connectivity index (χ1v) is 4.22. The van der Waals surface area contributed by atoms with Gasteiger partial charge in [-0.3, -0.25) is 5.32 Å². The van der Waals surface area contributed by atoms with Crippen LogP contribution in [0, 0.1) is 0 Å². The Morgan fingerprint density at radius 2 is 2.00 bits per heavy atom. The number of hydrogen-bond acceptors (Lipinski definition) is 1. The average molecular weight is 170 g/mol. The van der Waals surface area contributed by atoms with Crippen LogP contribution >= 0.6 is 11.6 Å². The average Bonchev–Trinajstić information content (AvgIpc) is 2.07. The molecule has 0 amide bonds. The Labute approximate surface area is 72.4 Å². The van der Waals surface area contributed by atoms with Crippen LogP contribution in [0.2, 0.25) is 0 Å². The van der Waals surface area contributed by atoms with Gasteiger partial charge in [0.1, 0.15) is 0 Å². The summed E-state index contributed by atoms with van der Waals surface area (Å²) in [5, 5.41) is 3.13. The first kappa shape index (κ1) is 8.57. The van der Waals surface area contributed by atoms with Crippen LogP contribution in [0.4, 0.5) is 0 Å². The largest absolute Gasteiger partial charge is 0.297 e. The molecule has 1 nitrogen and oxygen atoms in total. The van der Waals surface area contributed by atoms with Crippen molar-refractivity contribution in [2.75, 3.05) is 6.00 Å². The highest BCUT2D eigenvalue weighted by Crippen LogP contribution is 2.10. The van der Waals surface area contributed by atoms with Gasteiger partial charge in [0.05, 0.1) is 6.00 Å². The fourth-order valence-electron chi connectivity index (χ4n) is 0.975. The van der Waals surface area contributed by atoms with Crippen molar-refractivity contribution in [3.63, 3.8) is 0 Å². The van der Waals surface area contributed by atoms with E-state index < -0.39 is 0 Å². The molecule has 0 aliphatic carbocycles. The van der Waals surface area contributed by atoms with Gasteiger partial charge in [-0.25, -0.2) is 0 Å². The van der Waals surface area contributed by atoms with E-state index >= 15 is 0 Å². The lowest BCUT2D eigenvalue weighted by atomic mass is 10.1. The second kappa shape index (κ2) is 4.37. The zero-order chi connectivity index (χ0) is 8.10. The standard InChI is InChI=1S/C9H12ClN/c1-8(11-7-10)9-5-3-2-4-6-9/h2-6,8,11H,7H2,1H3. The van der Waals surface area contributed by atoms with Crippen LogP contribution in [-0.4, -0.2) is 6.00 Å². The highest BCUT2D eigenvalue weighted by atomic mass is 35.5. The lowest BCUT2D eigenvalue weighted by Crippen LogP contribution is -2.16. The van der Waals surface area contributed by atoms with E-state index in [1.54, 1.807) is 0 Å². The molecule has 2 heteroatoms. The maximum absolute atomic E-state index is 5.54. The molecular weight excluding hydrogens is 158 g/mol. The number of rotatable bonds is 3. The maximum atomic E-state index is 5.54. The molecule has 0 radical (unpaired) electrons. The van der Waals surface area contributed by atoms with Crippen molar-refractivity contribution in [3.8, 4) is 0 Å². The predicted octanol–water partition coefficient (Wildman–Crippen LogP) is 2.53. The van der Waals surface area contributed by atoms with Crippen molar-refractivity contribution < 1.29 is 0 Å². The quantitative estimate of drug-likeness (QED) is 0.542. The number of alkyl halides is 1. The van der Waals surface area contributed by atoms with E-state index in [-0.39, 0.29) is 0 Å². The number of benzene rings is 1. The Morgan fingerprint density at radius 3 is 2.55 bits per heavy atom. The van der Waals surface area contributed by atoms with E-state index in [4.69, 9.17) is 11.6 Å². The summed E-state index contributed by atoms with van der Waals surface area (Å²) in [4.78, 5) is 0.